The molecule has 0 fully saturated rings. The van der Waals surface area contributed by atoms with Crippen LogP contribution >= 0.6 is 34.3 Å². The molecule has 2 aromatic heterocycles. The lowest BCUT2D eigenvalue weighted by molar-refractivity contribution is 0.0698. The van der Waals surface area contributed by atoms with Gasteiger partial charge < -0.3 is 15.7 Å². The minimum absolute atomic E-state index is 0.0826. The second-order valence-corrected chi connectivity index (χ2v) is 9.41. The van der Waals surface area contributed by atoms with E-state index < -0.39 is 11.9 Å². The van der Waals surface area contributed by atoms with Crippen LogP contribution < -0.4 is 10.6 Å². The lowest BCUT2D eigenvalue weighted by atomic mass is 10.1. The predicted octanol–water partition coefficient (Wildman–Crippen LogP) is 6.33. The molecule has 4 rings (SSSR count). The fraction of sp³-hybridized carbons (Fsp3) is 0. The van der Waals surface area contributed by atoms with Crippen molar-refractivity contribution in [1.82, 2.24) is 0 Å². The number of benzene rings is 2. The van der Waals surface area contributed by atoms with Gasteiger partial charge in [0.25, 0.3) is 11.8 Å². The highest BCUT2D eigenvalue weighted by Crippen LogP contribution is 2.30. The minimum atomic E-state index is -1.20. The molecule has 2 heterocycles. The van der Waals surface area contributed by atoms with Crippen molar-refractivity contribution < 1.29 is 19.5 Å². The molecular weight excluding hydrogens is 468 g/mol. The predicted molar refractivity (Wildman–Crippen MR) is 128 cm³/mol. The molecule has 0 aliphatic rings. The monoisotopic (exact) mass is 482 g/mol. The molecule has 3 N–H and O–H groups in total. The summed E-state index contributed by atoms with van der Waals surface area (Å²) < 4.78 is 0.482. The second-order valence-electron chi connectivity index (χ2n) is 6.61. The van der Waals surface area contributed by atoms with E-state index in [2.05, 4.69) is 10.6 Å². The maximum atomic E-state index is 12.8. The van der Waals surface area contributed by atoms with Crippen molar-refractivity contribution in [2.24, 2.45) is 0 Å². The standard InChI is InChI=1S/C23H15ClN2O4S2/c24-20-11-10-19(32-20)21(27)25-14-6-7-15(23(29)30)16(12-14)26-22(28)18-9-8-17(31-18)13-4-2-1-3-5-13/h1-12H,(H,25,27)(H,26,28)(H,29,30). The third kappa shape index (κ3) is 4.88. The first-order chi connectivity index (χ1) is 15.4. The Kier molecular flexibility index (Phi) is 6.36. The molecule has 6 nitrogen and oxygen atoms in total. The summed E-state index contributed by atoms with van der Waals surface area (Å²) in [7, 11) is 0. The molecule has 0 radical (unpaired) electrons. The molecule has 4 aromatic rings. The van der Waals surface area contributed by atoms with Crippen LogP contribution in [-0.4, -0.2) is 22.9 Å². The number of halogens is 1. The number of nitrogens with one attached hydrogen (secondary N) is 2. The van der Waals surface area contributed by atoms with E-state index in [-0.39, 0.29) is 17.2 Å². The number of aromatic carboxylic acids is 1. The van der Waals surface area contributed by atoms with E-state index >= 15 is 0 Å². The van der Waals surface area contributed by atoms with Crippen LogP contribution in [0.25, 0.3) is 10.4 Å². The first-order valence-electron chi connectivity index (χ1n) is 9.31. The Balaban J connectivity index is 1.56. The largest absolute Gasteiger partial charge is 0.478 e. The number of thiophene rings is 2. The summed E-state index contributed by atoms with van der Waals surface area (Å²) in [6.45, 7) is 0. The van der Waals surface area contributed by atoms with Crippen molar-refractivity contribution in [3.8, 4) is 10.4 Å². The molecule has 32 heavy (non-hydrogen) atoms. The summed E-state index contributed by atoms with van der Waals surface area (Å²) in [5.74, 6) is -2.01. The quantitative estimate of drug-likeness (QED) is 0.299. The molecule has 160 valence electrons. The average molecular weight is 483 g/mol. The van der Waals surface area contributed by atoms with Crippen LogP contribution in [0.4, 0.5) is 11.4 Å². The Morgan fingerprint density at radius 1 is 0.781 bits per heavy atom. The van der Waals surface area contributed by atoms with Gasteiger partial charge in [-0.1, -0.05) is 41.9 Å². The maximum absolute atomic E-state index is 12.8. The van der Waals surface area contributed by atoms with Gasteiger partial charge in [0.1, 0.15) is 0 Å². The summed E-state index contributed by atoms with van der Waals surface area (Å²) in [5, 5.41) is 14.8. The van der Waals surface area contributed by atoms with Crippen molar-refractivity contribution in [3.05, 3.63) is 92.5 Å². The number of carbonyl (C=O) groups excluding carboxylic acids is 2. The van der Waals surface area contributed by atoms with Crippen molar-refractivity contribution in [1.29, 1.82) is 0 Å². The third-order valence-corrected chi connectivity index (χ3v) is 6.80. The molecule has 0 aliphatic carbocycles. The molecule has 0 aliphatic heterocycles. The first-order valence-corrected chi connectivity index (χ1v) is 11.3. The Bertz CT molecular complexity index is 1310. The number of hydrogen-bond acceptors (Lipinski definition) is 5. The summed E-state index contributed by atoms with van der Waals surface area (Å²) in [5.41, 5.74) is 1.33. The van der Waals surface area contributed by atoms with Gasteiger partial charge in [0.05, 0.1) is 25.3 Å². The van der Waals surface area contributed by atoms with E-state index in [1.807, 2.05) is 36.4 Å². The number of carboxylic acid groups (broad SMARTS) is 1. The van der Waals surface area contributed by atoms with Crippen LogP contribution in [0, 0.1) is 0 Å². The molecule has 2 amide bonds. The van der Waals surface area contributed by atoms with Crippen molar-refractivity contribution >= 4 is 63.4 Å². The van der Waals surface area contributed by atoms with Gasteiger partial charge in [-0.3, -0.25) is 9.59 Å². The van der Waals surface area contributed by atoms with Gasteiger partial charge in [-0.2, -0.15) is 0 Å². The Labute approximate surface area is 196 Å². The summed E-state index contributed by atoms with van der Waals surface area (Å²) in [6.07, 6.45) is 0. The number of rotatable bonds is 6. The van der Waals surface area contributed by atoms with Crippen molar-refractivity contribution in [2.75, 3.05) is 10.6 Å². The van der Waals surface area contributed by atoms with Crippen LogP contribution in [0.2, 0.25) is 4.34 Å². The lowest BCUT2D eigenvalue weighted by Crippen LogP contribution is -2.15. The number of hydrogen-bond donors (Lipinski definition) is 3. The Morgan fingerprint density at radius 2 is 1.47 bits per heavy atom. The highest BCUT2D eigenvalue weighted by atomic mass is 35.5. The number of carbonyl (C=O) groups is 3. The maximum Gasteiger partial charge on any atom is 0.337 e. The van der Waals surface area contributed by atoms with Gasteiger partial charge in [0, 0.05) is 10.6 Å². The molecular formula is C23H15ClN2O4S2. The van der Waals surface area contributed by atoms with E-state index in [1.165, 1.54) is 29.5 Å². The van der Waals surface area contributed by atoms with Crippen molar-refractivity contribution in [3.63, 3.8) is 0 Å². The molecule has 0 bridgehead atoms. The second kappa shape index (κ2) is 9.35. The summed E-state index contributed by atoms with van der Waals surface area (Å²) in [6, 6.07) is 20.6. The zero-order valence-electron chi connectivity index (χ0n) is 16.3. The zero-order chi connectivity index (χ0) is 22.7. The SMILES string of the molecule is O=C(Nc1ccc(C(=O)O)c(NC(=O)c2ccc(-c3ccccc3)s2)c1)c1ccc(Cl)s1. The average Bonchev–Trinajstić information content (AvgIpc) is 3.44. The van der Waals surface area contributed by atoms with Crippen LogP contribution in [0.5, 0.6) is 0 Å². The molecule has 0 unspecified atom stereocenters. The van der Waals surface area contributed by atoms with Gasteiger partial charge in [0.2, 0.25) is 0 Å². The van der Waals surface area contributed by atoms with Gasteiger partial charge in [-0.15, -0.1) is 22.7 Å². The Morgan fingerprint density at radius 3 is 2.16 bits per heavy atom. The zero-order valence-corrected chi connectivity index (χ0v) is 18.7. The third-order valence-electron chi connectivity index (χ3n) is 4.44. The fourth-order valence-electron chi connectivity index (χ4n) is 2.94. The van der Waals surface area contributed by atoms with Crippen molar-refractivity contribution in [2.45, 2.75) is 0 Å². The van der Waals surface area contributed by atoms with E-state index in [0.29, 0.717) is 19.8 Å². The highest BCUT2D eigenvalue weighted by Gasteiger charge is 2.17. The fourth-order valence-corrected chi connectivity index (χ4v) is 4.79. The smallest absolute Gasteiger partial charge is 0.337 e. The molecule has 0 atom stereocenters. The van der Waals surface area contributed by atoms with Gasteiger partial charge in [-0.25, -0.2) is 4.79 Å². The molecule has 9 heteroatoms. The van der Waals surface area contributed by atoms with Gasteiger partial charge >= 0.3 is 5.97 Å². The molecule has 0 spiro atoms. The summed E-state index contributed by atoms with van der Waals surface area (Å²) >= 11 is 8.30. The Hall–Kier alpha value is -3.46. The molecule has 2 aromatic carbocycles. The minimum Gasteiger partial charge on any atom is -0.478 e. The number of carboxylic acids is 1. The van der Waals surface area contributed by atoms with Crippen LogP contribution in [-0.2, 0) is 0 Å². The van der Waals surface area contributed by atoms with E-state index in [4.69, 9.17) is 11.6 Å². The topological polar surface area (TPSA) is 95.5 Å². The van der Waals surface area contributed by atoms with Crippen LogP contribution in [0.15, 0.2) is 72.8 Å². The number of amides is 2. The van der Waals surface area contributed by atoms with Gasteiger partial charge in [0.15, 0.2) is 0 Å². The molecule has 0 saturated carbocycles. The molecule has 0 saturated heterocycles. The van der Waals surface area contributed by atoms with E-state index in [0.717, 1.165) is 21.8 Å². The normalized spacial score (nSPS) is 10.5. The van der Waals surface area contributed by atoms with Gasteiger partial charge in [-0.05, 0) is 48.0 Å². The summed E-state index contributed by atoms with van der Waals surface area (Å²) in [4.78, 5) is 38.6. The van der Waals surface area contributed by atoms with Crippen LogP contribution in [0.3, 0.4) is 0 Å². The highest BCUT2D eigenvalue weighted by molar-refractivity contribution is 7.18. The lowest BCUT2D eigenvalue weighted by Gasteiger charge is -2.11. The number of anilines is 2. The van der Waals surface area contributed by atoms with Crippen LogP contribution in [0.1, 0.15) is 29.7 Å². The van der Waals surface area contributed by atoms with E-state index in [1.54, 1.807) is 18.2 Å². The first kappa shape index (κ1) is 21.8. The van der Waals surface area contributed by atoms with E-state index in [9.17, 15) is 19.5 Å².